The summed E-state index contributed by atoms with van der Waals surface area (Å²) in [5.41, 5.74) is 0.708. The van der Waals surface area contributed by atoms with Crippen molar-refractivity contribution in [1.29, 1.82) is 5.26 Å². The van der Waals surface area contributed by atoms with E-state index in [2.05, 4.69) is 4.98 Å². The number of nitrogens with zero attached hydrogens (tertiary/aromatic N) is 2. The number of carbonyl (C=O) groups excluding carboxylic acids is 2. The summed E-state index contributed by atoms with van der Waals surface area (Å²) in [5, 5.41) is 9.16. The number of esters is 2. The van der Waals surface area contributed by atoms with Gasteiger partial charge in [0, 0.05) is 6.07 Å². The molecule has 0 spiro atoms. The molecule has 0 amide bonds. The van der Waals surface area contributed by atoms with Gasteiger partial charge in [-0.1, -0.05) is 36.4 Å². The molecule has 0 aliphatic carbocycles. The topological polar surface area (TPSA) is 89.3 Å². The summed E-state index contributed by atoms with van der Waals surface area (Å²) >= 11 is 0. The molecule has 0 saturated heterocycles. The van der Waals surface area contributed by atoms with Gasteiger partial charge in [0.05, 0.1) is 11.1 Å². The van der Waals surface area contributed by atoms with E-state index in [1.54, 1.807) is 60.7 Å². The van der Waals surface area contributed by atoms with Crippen LogP contribution in [0.1, 0.15) is 26.3 Å². The summed E-state index contributed by atoms with van der Waals surface area (Å²) in [5.74, 6) is -1.57. The van der Waals surface area contributed by atoms with Gasteiger partial charge in [-0.25, -0.2) is 9.59 Å². The van der Waals surface area contributed by atoms with Crippen LogP contribution in [-0.2, 0) is 0 Å². The molecule has 0 bridgehead atoms. The molecule has 2 aromatic carbocycles. The predicted octanol–water partition coefficient (Wildman–Crippen LogP) is 3.39. The second-order valence-corrected chi connectivity index (χ2v) is 5.13. The molecule has 6 nitrogen and oxygen atoms in total. The molecule has 0 fully saturated rings. The SMILES string of the molecule is N#Cc1ccc(OC(=O)c2ccccc2)nc1OC(=O)c1ccccc1. The van der Waals surface area contributed by atoms with Gasteiger partial charge in [0.1, 0.15) is 11.6 Å². The predicted molar refractivity (Wildman–Crippen MR) is 91.8 cm³/mol. The van der Waals surface area contributed by atoms with Crippen LogP contribution in [0.4, 0.5) is 0 Å². The molecule has 3 aromatic rings. The van der Waals surface area contributed by atoms with E-state index in [4.69, 9.17) is 14.7 Å². The summed E-state index contributed by atoms with van der Waals surface area (Å²) in [6.07, 6.45) is 0. The Bertz CT molecular complexity index is 980. The minimum Gasteiger partial charge on any atom is -0.404 e. The lowest BCUT2D eigenvalue weighted by Gasteiger charge is -2.08. The first-order valence-electron chi connectivity index (χ1n) is 7.63. The smallest absolute Gasteiger partial charge is 0.344 e. The lowest BCUT2D eigenvalue weighted by Crippen LogP contribution is -2.13. The Morgan fingerprint density at radius 2 is 1.31 bits per heavy atom. The van der Waals surface area contributed by atoms with Gasteiger partial charge in [0.25, 0.3) is 0 Å². The van der Waals surface area contributed by atoms with E-state index in [9.17, 15) is 9.59 Å². The van der Waals surface area contributed by atoms with Gasteiger partial charge >= 0.3 is 11.9 Å². The average Bonchev–Trinajstić information content (AvgIpc) is 2.69. The molecule has 0 unspecified atom stereocenters. The van der Waals surface area contributed by atoms with Crippen LogP contribution in [0.5, 0.6) is 11.8 Å². The van der Waals surface area contributed by atoms with Gasteiger partial charge in [0.2, 0.25) is 11.8 Å². The normalized spacial score (nSPS) is 9.81. The van der Waals surface area contributed by atoms with Crippen molar-refractivity contribution in [1.82, 2.24) is 4.98 Å². The van der Waals surface area contributed by atoms with Crippen LogP contribution in [-0.4, -0.2) is 16.9 Å². The number of hydrogen-bond donors (Lipinski definition) is 0. The number of rotatable bonds is 4. The molecule has 6 heteroatoms. The van der Waals surface area contributed by atoms with Crippen LogP contribution in [0.15, 0.2) is 72.8 Å². The molecule has 0 N–H and O–H groups in total. The zero-order chi connectivity index (χ0) is 18.4. The van der Waals surface area contributed by atoms with E-state index in [1.165, 1.54) is 12.1 Å². The minimum atomic E-state index is -0.666. The standard InChI is InChI=1S/C20H12N2O4/c21-13-16-11-12-17(25-19(23)14-7-3-1-4-8-14)22-18(16)26-20(24)15-9-5-2-6-10-15/h1-12H. The van der Waals surface area contributed by atoms with Crippen LogP contribution >= 0.6 is 0 Å². The third-order valence-corrected chi connectivity index (χ3v) is 3.36. The molecule has 0 atom stereocenters. The summed E-state index contributed by atoms with van der Waals surface area (Å²) in [7, 11) is 0. The molecule has 0 radical (unpaired) electrons. The summed E-state index contributed by atoms with van der Waals surface area (Å²) in [6.45, 7) is 0. The number of aromatic nitrogens is 1. The maximum Gasteiger partial charge on any atom is 0.344 e. The van der Waals surface area contributed by atoms with Crippen LogP contribution < -0.4 is 9.47 Å². The highest BCUT2D eigenvalue weighted by Crippen LogP contribution is 2.21. The molecule has 0 saturated carbocycles. The van der Waals surface area contributed by atoms with Gasteiger partial charge in [-0.05, 0) is 30.3 Å². The molecule has 0 aliphatic rings. The monoisotopic (exact) mass is 344 g/mol. The molecule has 26 heavy (non-hydrogen) atoms. The first-order chi connectivity index (χ1) is 12.7. The average molecular weight is 344 g/mol. The van der Waals surface area contributed by atoms with E-state index in [0.29, 0.717) is 11.1 Å². The zero-order valence-electron chi connectivity index (χ0n) is 13.5. The number of benzene rings is 2. The zero-order valence-corrected chi connectivity index (χ0v) is 13.5. The molecule has 1 aromatic heterocycles. The highest BCUT2D eigenvalue weighted by Gasteiger charge is 2.16. The van der Waals surface area contributed by atoms with Crippen molar-refractivity contribution in [2.24, 2.45) is 0 Å². The van der Waals surface area contributed by atoms with E-state index < -0.39 is 11.9 Å². The van der Waals surface area contributed by atoms with Crippen molar-refractivity contribution >= 4 is 11.9 Å². The summed E-state index contributed by atoms with van der Waals surface area (Å²) in [6, 6.07) is 21.3. The van der Waals surface area contributed by atoms with Crippen molar-refractivity contribution in [3.63, 3.8) is 0 Å². The summed E-state index contributed by atoms with van der Waals surface area (Å²) < 4.78 is 10.4. The lowest BCUT2D eigenvalue weighted by molar-refractivity contribution is 0.0717. The van der Waals surface area contributed by atoms with Gasteiger partial charge in [-0.15, -0.1) is 0 Å². The van der Waals surface area contributed by atoms with Gasteiger partial charge in [-0.2, -0.15) is 10.2 Å². The Labute approximate surface area is 149 Å². The number of carbonyl (C=O) groups is 2. The fraction of sp³-hybridized carbons (Fsp3) is 0. The molecular weight excluding hydrogens is 332 g/mol. The van der Waals surface area contributed by atoms with Crippen molar-refractivity contribution < 1.29 is 19.1 Å². The first kappa shape index (κ1) is 16.9. The first-order valence-corrected chi connectivity index (χ1v) is 7.63. The Morgan fingerprint density at radius 1 is 0.769 bits per heavy atom. The van der Waals surface area contributed by atoms with Crippen molar-refractivity contribution in [3.05, 3.63) is 89.5 Å². The Hall–Kier alpha value is -3.98. The van der Waals surface area contributed by atoms with Gasteiger partial charge < -0.3 is 9.47 Å². The number of pyridine rings is 1. The highest BCUT2D eigenvalue weighted by atomic mass is 16.6. The highest BCUT2D eigenvalue weighted by molar-refractivity contribution is 5.91. The second kappa shape index (κ2) is 7.73. The van der Waals surface area contributed by atoms with Crippen molar-refractivity contribution in [3.8, 4) is 17.8 Å². The van der Waals surface area contributed by atoms with Crippen LogP contribution in [0.3, 0.4) is 0 Å². The summed E-state index contributed by atoms with van der Waals surface area (Å²) in [4.78, 5) is 28.2. The van der Waals surface area contributed by atoms with Crippen molar-refractivity contribution in [2.75, 3.05) is 0 Å². The van der Waals surface area contributed by atoms with Gasteiger partial charge in [0.15, 0.2) is 0 Å². The lowest BCUT2D eigenvalue weighted by atomic mass is 10.2. The van der Waals surface area contributed by atoms with E-state index in [1.807, 2.05) is 6.07 Å². The second-order valence-electron chi connectivity index (χ2n) is 5.13. The minimum absolute atomic E-state index is 0.0498. The third-order valence-electron chi connectivity index (χ3n) is 3.36. The van der Waals surface area contributed by atoms with Crippen LogP contribution in [0, 0.1) is 11.3 Å². The molecule has 0 aliphatic heterocycles. The number of hydrogen-bond acceptors (Lipinski definition) is 6. The number of nitriles is 1. The van der Waals surface area contributed by atoms with Gasteiger partial charge in [-0.3, -0.25) is 0 Å². The molecule has 1 heterocycles. The Kier molecular flexibility index (Phi) is 5.01. The fourth-order valence-corrected chi connectivity index (χ4v) is 2.09. The van der Waals surface area contributed by atoms with E-state index in [-0.39, 0.29) is 17.3 Å². The number of ether oxygens (including phenoxy) is 2. The fourth-order valence-electron chi connectivity index (χ4n) is 2.09. The maximum atomic E-state index is 12.2. The molecular formula is C20H12N2O4. The van der Waals surface area contributed by atoms with E-state index >= 15 is 0 Å². The van der Waals surface area contributed by atoms with E-state index in [0.717, 1.165) is 0 Å². The van der Waals surface area contributed by atoms with Crippen molar-refractivity contribution in [2.45, 2.75) is 0 Å². The van der Waals surface area contributed by atoms with Crippen LogP contribution in [0.25, 0.3) is 0 Å². The Morgan fingerprint density at radius 3 is 1.85 bits per heavy atom. The maximum absolute atomic E-state index is 12.2. The molecule has 3 rings (SSSR count). The quantitative estimate of drug-likeness (QED) is 0.674. The third kappa shape index (κ3) is 3.91. The van der Waals surface area contributed by atoms with Crippen LogP contribution in [0.2, 0.25) is 0 Å². The largest absolute Gasteiger partial charge is 0.404 e. The molecule has 126 valence electrons. The Balaban J connectivity index is 1.82.